The number of fused-ring (bicyclic) bond motifs is 3. The van der Waals surface area contributed by atoms with Crippen LogP contribution < -0.4 is 0 Å². The van der Waals surface area contributed by atoms with Crippen molar-refractivity contribution in [2.75, 3.05) is 20.1 Å². The summed E-state index contributed by atoms with van der Waals surface area (Å²) >= 11 is 0. The maximum absolute atomic E-state index is 12.9. The molecule has 5 heteroatoms. The molecule has 2 aliphatic heterocycles. The van der Waals surface area contributed by atoms with Crippen molar-refractivity contribution >= 4 is 16.8 Å². The molecule has 0 radical (unpaired) electrons. The van der Waals surface area contributed by atoms with E-state index >= 15 is 0 Å². The van der Waals surface area contributed by atoms with Crippen LogP contribution in [-0.2, 0) is 11.2 Å². The van der Waals surface area contributed by atoms with Crippen molar-refractivity contribution in [3.05, 3.63) is 30.0 Å². The highest BCUT2D eigenvalue weighted by Gasteiger charge is 2.39. The Morgan fingerprint density at radius 2 is 2.09 bits per heavy atom. The molecule has 0 saturated carbocycles. The van der Waals surface area contributed by atoms with Gasteiger partial charge in [0.15, 0.2) is 0 Å². The topological polar surface area (TPSA) is 52.2 Å². The molecule has 1 N–H and O–H groups in total. The second-order valence-electron chi connectivity index (χ2n) is 6.63. The fraction of sp³-hybridized carbons (Fsp3) is 0.529. The van der Waals surface area contributed by atoms with Gasteiger partial charge < -0.3 is 9.80 Å². The van der Waals surface area contributed by atoms with Gasteiger partial charge in [-0.05, 0) is 38.9 Å². The van der Waals surface area contributed by atoms with E-state index in [9.17, 15) is 4.79 Å². The Morgan fingerprint density at radius 3 is 3.00 bits per heavy atom. The van der Waals surface area contributed by atoms with Crippen molar-refractivity contribution in [1.82, 2.24) is 20.0 Å². The predicted octanol–water partition coefficient (Wildman–Crippen LogP) is 1.80. The van der Waals surface area contributed by atoms with E-state index in [-0.39, 0.29) is 5.91 Å². The van der Waals surface area contributed by atoms with Gasteiger partial charge in [0.25, 0.3) is 0 Å². The number of nitrogens with one attached hydrogen (secondary N) is 1. The summed E-state index contributed by atoms with van der Waals surface area (Å²) in [5, 5.41) is 8.41. The second-order valence-corrected chi connectivity index (χ2v) is 6.63. The number of hydrogen-bond acceptors (Lipinski definition) is 3. The molecule has 0 aliphatic carbocycles. The number of aromatic amines is 1. The van der Waals surface area contributed by atoms with Gasteiger partial charge in [0.05, 0.1) is 17.6 Å². The van der Waals surface area contributed by atoms with Gasteiger partial charge in [-0.15, -0.1) is 0 Å². The second kappa shape index (κ2) is 5.39. The summed E-state index contributed by atoms with van der Waals surface area (Å²) in [6, 6.07) is 8.79. The molecule has 116 valence electrons. The number of carbonyl (C=O) groups is 1. The van der Waals surface area contributed by atoms with Crippen LogP contribution in [0.15, 0.2) is 24.3 Å². The van der Waals surface area contributed by atoms with Gasteiger partial charge in [0.1, 0.15) is 0 Å². The standard InChI is InChI=1S/C17H22N4O/c1-20-9-8-12-6-7-13(11-20)21(12)17(22)10-16-14-4-2-3-5-15(14)18-19-16/h2-5,12-13H,6-11H2,1H3,(H,18,19)/t12-,13+/m1/s1. The Bertz CT molecular complexity index is 695. The molecule has 22 heavy (non-hydrogen) atoms. The van der Waals surface area contributed by atoms with Gasteiger partial charge in [-0.1, -0.05) is 18.2 Å². The number of hydrogen-bond donors (Lipinski definition) is 1. The Morgan fingerprint density at radius 1 is 1.27 bits per heavy atom. The highest BCUT2D eigenvalue weighted by atomic mass is 16.2. The molecule has 2 atom stereocenters. The molecule has 1 amide bonds. The van der Waals surface area contributed by atoms with E-state index < -0.39 is 0 Å². The number of benzene rings is 1. The zero-order valence-corrected chi connectivity index (χ0v) is 13.0. The summed E-state index contributed by atoms with van der Waals surface area (Å²) in [4.78, 5) is 17.4. The lowest BCUT2D eigenvalue weighted by Gasteiger charge is -2.28. The van der Waals surface area contributed by atoms with Gasteiger partial charge in [-0.25, -0.2) is 0 Å². The molecule has 2 saturated heterocycles. The van der Waals surface area contributed by atoms with Gasteiger partial charge in [-0.3, -0.25) is 9.89 Å². The van der Waals surface area contributed by atoms with Crippen molar-refractivity contribution in [2.24, 2.45) is 0 Å². The van der Waals surface area contributed by atoms with Gasteiger partial charge >= 0.3 is 0 Å². The number of para-hydroxylation sites is 1. The lowest BCUT2D eigenvalue weighted by Crippen LogP contribution is -2.43. The van der Waals surface area contributed by atoms with Crippen LogP contribution in [0.1, 0.15) is 25.0 Å². The SMILES string of the molecule is CN1CC[C@H]2CC[C@@H](C1)N2C(=O)Cc1[nH]nc2ccccc12. The lowest BCUT2D eigenvalue weighted by molar-refractivity contribution is -0.133. The highest BCUT2D eigenvalue weighted by molar-refractivity contribution is 5.87. The van der Waals surface area contributed by atoms with Crippen molar-refractivity contribution in [3.63, 3.8) is 0 Å². The molecule has 5 nitrogen and oxygen atoms in total. The first-order chi connectivity index (χ1) is 10.7. The van der Waals surface area contributed by atoms with Crippen LogP contribution in [0.5, 0.6) is 0 Å². The largest absolute Gasteiger partial charge is 0.335 e. The number of rotatable bonds is 2. The Labute approximate surface area is 130 Å². The molecule has 1 aromatic heterocycles. The zero-order valence-electron chi connectivity index (χ0n) is 13.0. The van der Waals surface area contributed by atoms with Crippen LogP contribution in [0.3, 0.4) is 0 Å². The molecule has 2 aliphatic rings. The minimum absolute atomic E-state index is 0.247. The Kier molecular flexibility index (Phi) is 3.37. The van der Waals surface area contributed by atoms with Crippen LogP contribution in [-0.4, -0.2) is 58.1 Å². The third-order valence-electron chi connectivity index (χ3n) is 5.14. The number of H-pyrrole nitrogens is 1. The van der Waals surface area contributed by atoms with Crippen molar-refractivity contribution < 1.29 is 4.79 Å². The molecule has 0 spiro atoms. The molecule has 1 aromatic carbocycles. The molecular weight excluding hydrogens is 276 g/mol. The van der Waals surface area contributed by atoms with Crippen molar-refractivity contribution in [3.8, 4) is 0 Å². The number of amides is 1. The van der Waals surface area contributed by atoms with E-state index in [0.717, 1.165) is 48.9 Å². The quantitative estimate of drug-likeness (QED) is 0.920. The van der Waals surface area contributed by atoms with E-state index in [1.807, 2.05) is 24.3 Å². The molecule has 4 rings (SSSR count). The number of likely N-dealkylation sites (tertiary alicyclic amines) is 1. The predicted molar refractivity (Wildman–Crippen MR) is 85.6 cm³/mol. The number of carbonyl (C=O) groups excluding carboxylic acids is 1. The van der Waals surface area contributed by atoms with Crippen LogP contribution in [0.25, 0.3) is 10.9 Å². The Balaban J connectivity index is 1.57. The number of likely N-dealkylation sites (N-methyl/N-ethyl adjacent to an activating group) is 1. The highest BCUT2D eigenvalue weighted by Crippen LogP contribution is 2.30. The first kappa shape index (κ1) is 13.8. The van der Waals surface area contributed by atoms with E-state index in [4.69, 9.17) is 0 Å². The lowest BCUT2D eigenvalue weighted by atomic mass is 10.1. The molecule has 2 fully saturated rings. The Hall–Kier alpha value is -1.88. The first-order valence-corrected chi connectivity index (χ1v) is 8.14. The average molecular weight is 298 g/mol. The van der Waals surface area contributed by atoms with E-state index in [0.29, 0.717) is 18.5 Å². The van der Waals surface area contributed by atoms with Crippen molar-refractivity contribution in [1.29, 1.82) is 0 Å². The summed E-state index contributed by atoms with van der Waals surface area (Å²) in [6.45, 7) is 2.10. The normalized spacial score (nSPS) is 25.6. The molecule has 3 heterocycles. The summed E-state index contributed by atoms with van der Waals surface area (Å²) in [5.74, 6) is 0.247. The third kappa shape index (κ3) is 2.29. The third-order valence-corrected chi connectivity index (χ3v) is 5.14. The van der Waals surface area contributed by atoms with Crippen LogP contribution in [0.2, 0.25) is 0 Å². The average Bonchev–Trinajstić information content (AvgIpc) is 3.04. The smallest absolute Gasteiger partial charge is 0.229 e. The minimum atomic E-state index is 0.247. The van der Waals surface area contributed by atoms with Crippen LogP contribution >= 0.6 is 0 Å². The summed E-state index contributed by atoms with van der Waals surface area (Å²) in [7, 11) is 2.16. The number of aromatic nitrogens is 2. The van der Waals surface area contributed by atoms with E-state index in [1.165, 1.54) is 0 Å². The van der Waals surface area contributed by atoms with Gasteiger partial charge in [0, 0.05) is 24.0 Å². The van der Waals surface area contributed by atoms with Gasteiger partial charge in [0.2, 0.25) is 5.91 Å². The molecule has 2 bridgehead atoms. The monoisotopic (exact) mass is 298 g/mol. The van der Waals surface area contributed by atoms with E-state index in [1.54, 1.807) is 0 Å². The minimum Gasteiger partial charge on any atom is -0.335 e. The summed E-state index contributed by atoms with van der Waals surface area (Å²) in [6.07, 6.45) is 3.83. The van der Waals surface area contributed by atoms with E-state index in [2.05, 4.69) is 27.0 Å². The molecule has 0 unspecified atom stereocenters. The van der Waals surface area contributed by atoms with Crippen LogP contribution in [0, 0.1) is 0 Å². The van der Waals surface area contributed by atoms with Crippen molar-refractivity contribution in [2.45, 2.75) is 37.8 Å². The molecule has 2 aromatic rings. The molecular formula is C17H22N4O. The number of nitrogens with zero attached hydrogens (tertiary/aromatic N) is 3. The summed E-state index contributed by atoms with van der Waals surface area (Å²) in [5.41, 5.74) is 1.88. The first-order valence-electron chi connectivity index (χ1n) is 8.14. The summed E-state index contributed by atoms with van der Waals surface area (Å²) < 4.78 is 0. The van der Waals surface area contributed by atoms with Crippen LogP contribution in [0.4, 0.5) is 0 Å². The fourth-order valence-corrected chi connectivity index (χ4v) is 4.04. The van der Waals surface area contributed by atoms with Gasteiger partial charge in [-0.2, -0.15) is 5.10 Å². The fourth-order valence-electron chi connectivity index (χ4n) is 4.04. The zero-order chi connectivity index (χ0) is 15.1. The maximum atomic E-state index is 12.9. The maximum Gasteiger partial charge on any atom is 0.229 e.